The summed E-state index contributed by atoms with van der Waals surface area (Å²) in [7, 11) is 1.95. The van der Waals surface area contributed by atoms with E-state index >= 15 is 0 Å². The third-order valence-electron chi connectivity index (χ3n) is 5.19. The Morgan fingerprint density at radius 1 is 1.15 bits per heavy atom. The van der Waals surface area contributed by atoms with Gasteiger partial charge < -0.3 is 0 Å². The van der Waals surface area contributed by atoms with Gasteiger partial charge in [-0.05, 0) is 49.2 Å². The molecule has 4 nitrogen and oxygen atoms in total. The first kappa shape index (κ1) is 17.9. The highest BCUT2D eigenvalue weighted by Crippen LogP contribution is 2.27. The zero-order valence-corrected chi connectivity index (χ0v) is 15.7. The predicted molar refractivity (Wildman–Crippen MR) is 104 cm³/mol. The van der Waals surface area contributed by atoms with Crippen LogP contribution >= 0.6 is 0 Å². The molecule has 1 atom stereocenters. The summed E-state index contributed by atoms with van der Waals surface area (Å²) in [5, 5.41) is 4.27. The second-order valence-electron chi connectivity index (χ2n) is 7.46. The lowest BCUT2D eigenvalue weighted by Gasteiger charge is -2.32. The van der Waals surface area contributed by atoms with Crippen LogP contribution in [0.5, 0.6) is 0 Å². The zero-order valence-electron chi connectivity index (χ0n) is 15.7. The van der Waals surface area contributed by atoms with Crippen LogP contribution < -0.4 is 0 Å². The quantitative estimate of drug-likeness (QED) is 0.688. The average Bonchev–Trinajstić information content (AvgIpc) is 3.07. The third-order valence-corrected chi connectivity index (χ3v) is 5.19. The van der Waals surface area contributed by atoms with Crippen LogP contribution in [0.3, 0.4) is 0 Å². The van der Waals surface area contributed by atoms with Gasteiger partial charge in [0, 0.05) is 55.6 Å². The van der Waals surface area contributed by atoms with Gasteiger partial charge in [0.15, 0.2) is 0 Å². The molecule has 3 heterocycles. The molecule has 27 heavy (non-hydrogen) atoms. The largest absolute Gasteiger partial charge is 0.298 e. The maximum atomic E-state index is 13.4. The first-order valence-electron chi connectivity index (χ1n) is 9.56. The number of pyridine rings is 1. The molecule has 0 amide bonds. The molecule has 1 aliphatic rings. The van der Waals surface area contributed by atoms with Gasteiger partial charge in [0.1, 0.15) is 5.82 Å². The lowest BCUT2D eigenvalue weighted by atomic mass is 9.93. The maximum Gasteiger partial charge on any atom is 0.123 e. The number of hydrogen-bond acceptors (Lipinski definition) is 3. The Labute approximate surface area is 159 Å². The minimum Gasteiger partial charge on any atom is -0.298 e. The lowest BCUT2D eigenvalue weighted by Crippen LogP contribution is -2.34. The molecular formula is C22H25FN4. The van der Waals surface area contributed by atoms with Crippen molar-refractivity contribution in [1.29, 1.82) is 0 Å². The summed E-state index contributed by atoms with van der Waals surface area (Å²) >= 11 is 0. The fourth-order valence-electron chi connectivity index (χ4n) is 3.93. The number of nitrogens with zero attached hydrogens (tertiary/aromatic N) is 4. The van der Waals surface area contributed by atoms with E-state index in [-0.39, 0.29) is 5.82 Å². The lowest BCUT2D eigenvalue weighted by molar-refractivity contribution is 0.198. The Morgan fingerprint density at radius 2 is 2.04 bits per heavy atom. The summed E-state index contributed by atoms with van der Waals surface area (Å²) in [4.78, 5) is 7.39. The predicted octanol–water partition coefficient (Wildman–Crippen LogP) is 3.92. The standard InChI is InChI=1S/C22H25FN4/c1-26-14-18(13-24-26)15-27-10-4-6-19(16-27)22-9-3-8-21(25-22)12-17-5-2-7-20(23)11-17/h2-3,5,7-9,11,13-14,19H,4,6,10,12,15-16H2,1H3. The van der Waals surface area contributed by atoms with Gasteiger partial charge in [-0.3, -0.25) is 14.6 Å². The molecule has 0 N–H and O–H groups in total. The fourth-order valence-corrected chi connectivity index (χ4v) is 3.93. The van der Waals surface area contributed by atoms with E-state index in [0.29, 0.717) is 12.3 Å². The number of rotatable bonds is 5. The monoisotopic (exact) mass is 364 g/mol. The SMILES string of the molecule is Cn1cc(CN2CCCC(c3cccc(Cc4cccc(F)c4)n3)C2)cn1. The molecule has 4 rings (SSSR count). The van der Waals surface area contributed by atoms with Gasteiger partial charge in [-0.15, -0.1) is 0 Å². The summed E-state index contributed by atoms with van der Waals surface area (Å²) in [6.07, 6.45) is 7.04. The molecular weight excluding hydrogens is 339 g/mol. The average molecular weight is 364 g/mol. The molecule has 3 aromatic rings. The first-order valence-corrected chi connectivity index (χ1v) is 9.56. The molecule has 1 aromatic carbocycles. The second-order valence-corrected chi connectivity index (χ2v) is 7.46. The number of aromatic nitrogens is 3. The Hall–Kier alpha value is -2.53. The van der Waals surface area contributed by atoms with Gasteiger partial charge in [-0.1, -0.05) is 18.2 Å². The van der Waals surface area contributed by atoms with E-state index in [9.17, 15) is 4.39 Å². The fraction of sp³-hybridized carbons (Fsp3) is 0.364. The molecule has 5 heteroatoms. The number of aryl methyl sites for hydroxylation is 1. The van der Waals surface area contributed by atoms with Gasteiger partial charge in [0.25, 0.3) is 0 Å². The van der Waals surface area contributed by atoms with Crippen molar-refractivity contribution >= 4 is 0 Å². The number of benzene rings is 1. The summed E-state index contributed by atoms with van der Waals surface area (Å²) < 4.78 is 15.3. The maximum absolute atomic E-state index is 13.4. The second kappa shape index (κ2) is 8.01. The Morgan fingerprint density at radius 3 is 2.85 bits per heavy atom. The number of hydrogen-bond donors (Lipinski definition) is 0. The summed E-state index contributed by atoms with van der Waals surface area (Å²) in [5.41, 5.74) is 4.37. The molecule has 0 radical (unpaired) electrons. The molecule has 1 unspecified atom stereocenters. The van der Waals surface area contributed by atoms with E-state index in [1.54, 1.807) is 12.1 Å². The molecule has 0 saturated carbocycles. The Balaban J connectivity index is 1.44. The van der Waals surface area contributed by atoms with E-state index in [0.717, 1.165) is 36.6 Å². The number of likely N-dealkylation sites (tertiary alicyclic amines) is 1. The van der Waals surface area contributed by atoms with Gasteiger partial charge in [-0.2, -0.15) is 5.10 Å². The van der Waals surface area contributed by atoms with Gasteiger partial charge in [-0.25, -0.2) is 4.39 Å². The molecule has 0 spiro atoms. The normalized spacial score (nSPS) is 17.9. The minimum atomic E-state index is -0.193. The van der Waals surface area contributed by atoms with Crippen molar-refractivity contribution in [3.63, 3.8) is 0 Å². The van der Waals surface area contributed by atoms with E-state index in [2.05, 4.69) is 28.3 Å². The van der Waals surface area contributed by atoms with Gasteiger partial charge >= 0.3 is 0 Å². The van der Waals surface area contributed by atoms with Gasteiger partial charge in [0.2, 0.25) is 0 Å². The molecule has 2 aromatic heterocycles. The first-order chi connectivity index (χ1) is 13.2. The van der Waals surface area contributed by atoms with Crippen LogP contribution in [-0.2, 0) is 20.0 Å². The van der Waals surface area contributed by atoms with Crippen molar-refractivity contribution in [2.24, 2.45) is 7.05 Å². The van der Waals surface area contributed by atoms with Crippen molar-refractivity contribution in [2.45, 2.75) is 31.7 Å². The highest BCUT2D eigenvalue weighted by atomic mass is 19.1. The Kier molecular flexibility index (Phi) is 5.30. The van der Waals surface area contributed by atoms with Crippen LogP contribution in [0.2, 0.25) is 0 Å². The van der Waals surface area contributed by atoms with Gasteiger partial charge in [0.05, 0.1) is 6.20 Å². The smallest absolute Gasteiger partial charge is 0.123 e. The van der Waals surface area contributed by atoms with Crippen LogP contribution in [0.15, 0.2) is 54.9 Å². The highest BCUT2D eigenvalue weighted by Gasteiger charge is 2.23. The van der Waals surface area contributed by atoms with Crippen molar-refractivity contribution in [3.05, 3.63) is 83.2 Å². The van der Waals surface area contributed by atoms with Crippen molar-refractivity contribution in [3.8, 4) is 0 Å². The van der Waals surface area contributed by atoms with Crippen LogP contribution in [0, 0.1) is 5.82 Å². The molecule has 0 bridgehead atoms. The topological polar surface area (TPSA) is 34.0 Å². The molecule has 1 aliphatic heterocycles. The molecule has 0 aliphatic carbocycles. The zero-order chi connectivity index (χ0) is 18.6. The van der Waals surface area contributed by atoms with Crippen LogP contribution in [-0.4, -0.2) is 32.8 Å². The summed E-state index contributed by atoms with van der Waals surface area (Å²) in [6.45, 7) is 3.08. The summed E-state index contributed by atoms with van der Waals surface area (Å²) in [6, 6.07) is 13.0. The van der Waals surface area contributed by atoms with E-state index in [4.69, 9.17) is 4.98 Å². The van der Waals surface area contributed by atoms with E-state index in [1.807, 2.05) is 30.1 Å². The molecule has 140 valence electrons. The number of piperidine rings is 1. The van der Waals surface area contributed by atoms with Crippen LogP contribution in [0.1, 0.15) is 41.3 Å². The molecule has 1 fully saturated rings. The van der Waals surface area contributed by atoms with Crippen molar-refractivity contribution < 1.29 is 4.39 Å². The van der Waals surface area contributed by atoms with Crippen molar-refractivity contribution in [1.82, 2.24) is 19.7 Å². The Bertz CT molecular complexity index is 905. The highest BCUT2D eigenvalue weighted by molar-refractivity contribution is 5.24. The van der Waals surface area contributed by atoms with Crippen LogP contribution in [0.25, 0.3) is 0 Å². The van der Waals surface area contributed by atoms with Crippen LogP contribution in [0.4, 0.5) is 4.39 Å². The summed E-state index contributed by atoms with van der Waals surface area (Å²) in [5.74, 6) is 0.254. The van der Waals surface area contributed by atoms with Crippen molar-refractivity contribution in [2.75, 3.05) is 13.1 Å². The molecule has 1 saturated heterocycles. The van der Waals surface area contributed by atoms with E-state index < -0.39 is 0 Å². The number of halogens is 1. The van der Waals surface area contributed by atoms with E-state index in [1.165, 1.54) is 24.5 Å². The third kappa shape index (κ3) is 4.61. The minimum absolute atomic E-state index is 0.193.